The molecule has 1 aromatic heterocycles. The zero-order chi connectivity index (χ0) is 21.1. The largest absolute Gasteiger partial charge is 0.458 e. The number of thiophene rings is 1. The minimum atomic E-state index is -0.887. The molecule has 0 unspecified atom stereocenters. The molecule has 2 aromatic rings. The van der Waals surface area contributed by atoms with Gasteiger partial charge < -0.3 is 14.8 Å². The highest BCUT2D eigenvalue weighted by molar-refractivity contribution is 7.19. The fourth-order valence-corrected chi connectivity index (χ4v) is 3.43. The fraction of sp³-hybridized carbons (Fsp3) is 0.476. The van der Waals surface area contributed by atoms with Crippen LogP contribution in [0.1, 0.15) is 52.0 Å². The van der Waals surface area contributed by atoms with Crippen molar-refractivity contribution in [2.45, 2.75) is 65.2 Å². The molecule has 0 aliphatic rings. The molecule has 28 heavy (non-hydrogen) atoms. The Bertz CT molecular complexity index is 913. The summed E-state index contributed by atoms with van der Waals surface area (Å²) in [5.41, 5.74) is -0.498. The van der Waals surface area contributed by atoms with Gasteiger partial charge in [-0.05, 0) is 64.6 Å². The van der Waals surface area contributed by atoms with Crippen molar-refractivity contribution in [2.75, 3.05) is 0 Å². The standard InChI is InChI=1S/C21H26N2O4S/c1-20(2,3)26-18(24)16(23-19(25)27-21(4,5)6)9-13-7-8-14-11-15(12-22)28-17(14)10-13/h7-8,10-11,16H,9H2,1-6H3,(H,23,25)/t16-/m0/s1. The summed E-state index contributed by atoms with van der Waals surface area (Å²) in [7, 11) is 0. The topological polar surface area (TPSA) is 88.4 Å². The number of esters is 1. The molecule has 1 aromatic carbocycles. The maximum absolute atomic E-state index is 12.6. The Hall–Kier alpha value is -2.59. The van der Waals surface area contributed by atoms with Crippen LogP contribution in [0.5, 0.6) is 0 Å². The summed E-state index contributed by atoms with van der Waals surface area (Å²) in [4.78, 5) is 25.5. The van der Waals surface area contributed by atoms with Crippen LogP contribution in [0, 0.1) is 11.3 Å². The average Bonchev–Trinajstić information content (AvgIpc) is 2.93. The van der Waals surface area contributed by atoms with E-state index in [1.807, 2.05) is 24.3 Å². The third-order valence-electron chi connectivity index (χ3n) is 3.52. The van der Waals surface area contributed by atoms with Crippen LogP contribution in [0.3, 0.4) is 0 Å². The molecule has 0 saturated carbocycles. The molecule has 7 heteroatoms. The molecule has 0 aliphatic carbocycles. The SMILES string of the molecule is CC(C)(C)OC(=O)N[C@@H](Cc1ccc2cc(C#N)sc2c1)C(=O)OC(C)(C)C. The number of hydrogen-bond donors (Lipinski definition) is 1. The van der Waals surface area contributed by atoms with E-state index in [1.54, 1.807) is 41.5 Å². The van der Waals surface area contributed by atoms with Crippen molar-refractivity contribution in [3.63, 3.8) is 0 Å². The summed E-state index contributed by atoms with van der Waals surface area (Å²) in [6.07, 6.45) is -0.420. The summed E-state index contributed by atoms with van der Waals surface area (Å²) >= 11 is 1.39. The van der Waals surface area contributed by atoms with Crippen molar-refractivity contribution in [1.82, 2.24) is 5.32 Å². The number of benzene rings is 1. The molecule has 0 radical (unpaired) electrons. The van der Waals surface area contributed by atoms with E-state index in [-0.39, 0.29) is 6.42 Å². The van der Waals surface area contributed by atoms with Gasteiger partial charge in [-0.3, -0.25) is 0 Å². The van der Waals surface area contributed by atoms with Gasteiger partial charge in [-0.2, -0.15) is 5.26 Å². The molecule has 1 atom stereocenters. The number of amides is 1. The van der Waals surface area contributed by atoms with Gasteiger partial charge in [0.15, 0.2) is 0 Å². The van der Waals surface area contributed by atoms with Crippen LogP contribution in [-0.4, -0.2) is 29.3 Å². The van der Waals surface area contributed by atoms with E-state index in [0.717, 1.165) is 15.6 Å². The first-order valence-corrected chi connectivity index (χ1v) is 9.83. The van der Waals surface area contributed by atoms with E-state index in [2.05, 4.69) is 11.4 Å². The van der Waals surface area contributed by atoms with Crippen LogP contribution < -0.4 is 5.32 Å². The van der Waals surface area contributed by atoms with E-state index in [0.29, 0.717) is 4.88 Å². The van der Waals surface area contributed by atoms with Gasteiger partial charge in [0.2, 0.25) is 0 Å². The molecular weight excluding hydrogens is 376 g/mol. The van der Waals surface area contributed by atoms with Crippen molar-refractivity contribution in [3.8, 4) is 6.07 Å². The summed E-state index contributed by atoms with van der Waals surface area (Å²) in [5.74, 6) is -0.526. The van der Waals surface area contributed by atoms with Gasteiger partial charge >= 0.3 is 12.1 Å². The van der Waals surface area contributed by atoms with Crippen LogP contribution in [0.2, 0.25) is 0 Å². The molecule has 1 heterocycles. The minimum absolute atomic E-state index is 0.254. The van der Waals surface area contributed by atoms with Crippen LogP contribution in [0.4, 0.5) is 4.79 Å². The monoisotopic (exact) mass is 402 g/mol. The average molecular weight is 403 g/mol. The smallest absolute Gasteiger partial charge is 0.408 e. The van der Waals surface area contributed by atoms with Crippen molar-refractivity contribution in [2.24, 2.45) is 0 Å². The highest BCUT2D eigenvalue weighted by Gasteiger charge is 2.29. The van der Waals surface area contributed by atoms with Gasteiger partial charge in [0.25, 0.3) is 0 Å². The molecule has 150 valence electrons. The Kier molecular flexibility index (Phi) is 6.35. The Balaban J connectivity index is 2.24. The van der Waals surface area contributed by atoms with Crippen molar-refractivity contribution < 1.29 is 19.1 Å². The van der Waals surface area contributed by atoms with Gasteiger partial charge in [-0.15, -0.1) is 11.3 Å². The Morgan fingerprint density at radius 3 is 2.32 bits per heavy atom. The van der Waals surface area contributed by atoms with Crippen LogP contribution >= 0.6 is 11.3 Å². The summed E-state index contributed by atoms with van der Waals surface area (Å²) in [5, 5.41) is 12.7. The molecule has 2 rings (SSSR count). The lowest BCUT2D eigenvalue weighted by molar-refractivity contribution is -0.157. The van der Waals surface area contributed by atoms with E-state index < -0.39 is 29.3 Å². The first-order valence-electron chi connectivity index (χ1n) is 9.01. The van der Waals surface area contributed by atoms with Crippen molar-refractivity contribution in [3.05, 3.63) is 34.7 Å². The number of rotatable bonds is 4. The summed E-state index contributed by atoms with van der Waals surface area (Å²) in [6, 6.07) is 8.79. The lowest BCUT2D eigenvalue weighted by atomic mass is 10.0. The molecular formula is C21H26N2O4S. The number of carbonyl (C=O) groups excluding carboxylic acids is 2. The maximum Gasteiger partial charge on any atom is 0.408 e. The first kappa shape index (κ1) is 21.7. The van der Waals surface area contributed by atoms with Crippen LogP contribution in [-0.2, 0) is 20.7 Å². The van der Waals surface area contributed by atoms with Crippen LogP contribution in [0.25, 0.3) is 10.1 Å². The second kappa shape index (κ2) is 8.19. The lowest BCUT2D eigenvalue weighted by Crippen LogP contribution is -2.47. The molecule has 0 spiro atoms. The third kappa shape index (κ3) is 6.54. The van der Waals surface area contributed by atoms with Gasteiger partial charge in [0, 0.05) is 11.1 Å². The highest BCUT2D eigenvalue weighted by atomic mass is 32.1. The summed E-state index contributed by atoms with van der Waals surface area (Å²) < 4.78 is 11.7. The van der Waals surface area contributed by atoms with E-state index >= 15 is 0 Å². The first-order chi connectivity index (χ1) is 12.9. The second-order valence-corrected chi connectivity index (χ2v) is 9.61. The molecule has 1 N–H and O–H groups in total. The van der Waals surface area contributed by atoms with E-state index in [9.17, 15) is 9.59 Å². The Morgan fingerprint density at radius 1 is 1.11 bits per heavy atom. The number of hydrogen-bond acceptors (Lipinski definition) is 6. The van der Waals surface area contributed by atoms with Crippen molar-refractivity contribution >= 4 is 33.5 Å². The quantitative estimate of drug-likeness (QED) is 0.758. The minimum Gasteiger partial charge on any atom is -0.458 e. The molecule has 1 amide bonds. The molecule has 6 nitrogen and oxygen atoms in total. The normalized spacial score (nSPS) is 12.9. The highest BCUT2D eigenvalue weighted by Crippen LogP contribution is 2.26. The second-order valence-electron chi connectivity index (χ2n) is 8.53. The fourth-order valence-electron chi connectivity index (χ4n) is 2.51. The van der Waals surface area contributed by atoms with E-state index in [4.69, 9.17) is 14.7 Å². The van der Waals surface area contributed by atoms with Crippen LogP contribution in [0.15, 0.2) is 24.3 Å². The molecule has 0 fully saturated rings. The summed E-state index contributed by atoms with van der Waals surface area (Å²) in [6.45, 7) is 10.6. The number of ether oxygens (including phenoxy) is 2. The maximum atomic E-state index is 12.6. The lowest BCUT2D eigenvalue weighted by Gasteiger charge is -2.26. The Labute approximate surface area is 169 Å². The van der Waals surface area contributed by atoms with Gasteiger partial charge in [-0.25, -0.2) is 9.59 Å². The molecule has 0 saturated heterocycles. The van der Waals surface area contributed by atoms with Gasteiger partial charge in [0.05, 0.1) is 0 Å². The molecule has 0 bridgehead atoms. The predicted molar refractivity (Wildman–Crippen MR) is 109 cm³/mol. The van der Waals surface area contributed by atoms with E-state index in [1.165, 1.54) is 11.3 Å². The van der Waals surface area contributed by atoms with Crippen molar-refractivity contribution in [1.29, 1.82) is 5.26 Å². The third-order valence-corrected chi connectivity index (χ3v) is 4.52. The number of nitrogens with one attached hydrogen (secondary N) is 1. The number of carbonyl (C=O) groups is 2. The number of nitrogens with zero attached hydrogens (tertiary/aromatic N) is 1. The number of nitriles is 1. The number of fused-ring (bicyclic) bond motifs is 1. The predicted octanol–water partition coefficient (Wildman–Crippen LogP) is 4.55. The Morgan fingerprint density at radius 2 is 1.75 bits per heavy atom. The zero-order valence-corrected chi connectivity index (χ0v) is 17.9. The van der Waals surface area contributed by atoms with Gasteiger partial charge in [0.1, 0.15) is 28.2 Å². The van der Waals surface area contributed by atoms with Gasteiger partial charge in [-0.1, -0.05) is 12.1 Å². The zero-order valence-electron chi connectivity index (χ0n) is 17.1. The molecule has 0 aliphatic heterocycles. The number of alkyl carbamates (subject to hydrolysis) is 1.